The minimum absolute atomic E-state index is 0.0858. The Labute approximate surface area is 316 Å². The van der Waals surface area contributed by atoms with Crippen LogP contribution in [0.25, 0.3) is 0 Å². The van der Waals surface area contributed by atoms with Crippen molar-refractivity contribution in [3.05, 3.63) is 84.4 Å². The summed E-state index contributed by atoms with van der Waals surface area (Å²) in [5.74, 6) is -2.96. The average molecular weight is 757 g/mol. The number of hydrogen-bond acceptors (Lipinski definition) is 14. The molecule has 11 atom stereocenters. The monoisotopic (exact) mass is 756 g/mol. The van der Waals surface area contributed by atoms with E-state index >= 15 is 0 Å². The predicted molar refractivity (Wildman–Crippen MR) is 189 cm³/mol. The molecule has 0 saturated carbocycles. The van der Waals surface area contributed by atoms with Gasteiger partial charge in [-0.15, -0.1) is 6.58 Å². The number of benzene rings is 2. The molecule has 4 aliphatic rings. The van der Waals surface area contributed by atoms with Gasteiger partial charge in [0, 0.05) is 6.92 Å². The Bertz CT molecular complexity index is 1540. The van der Waals surface area contributed by atoms with E-state index in [4.69, 9.17) is 56.8 Å². The molecule has 0 aromatic heterocycles. The van der Waals surface area contributed by atoms with Gasteiger partial charge < -0.3 is 56.8 Å². The topological polar surface area (TPSA) is 145 Å². The van der Waals surface area contributed by atoms with Crippen LogP contribution in [0.15, 0.2) is 73.3 Å². The molecule has 0 spiro atoms. The lowest BCUT2D eigenvalue weighted by Gasteiger charge is -2.46. The van der Waals surface area contributed by atoms with Crippen LogP contribution in [0, 0.1) is 0 Å². The summed E-state index contributed by atoms with van der Waals surface area (Å²) in [6.45, 7) is 14.3. The normalized spacial score (nSPS) is 32.9. The van der Waals surface area contributed by atoms with E-state index in [9.17, 15) is 9.59 Å². The summed E-state index contributed by atoms with van der Waals surface area (Å²) in [5.41, 5.74) is 1.44. The van der Waals surface area contributed by atoms with Gasteiger partial charge in [0.25, 0.3) is 0 Å². The van der Waals surface area contributed by atoms with Crippen LogP contribution in [0.3, 0.4) is 0 Å². The second-order valence-electron chi connectivity index (χ2n) is 14.4. The second kappa shape index (κ2) is 17.7. The second-order valence-corrected chi connectivity index (χ2v) is 14.4. The van der Waals surface area contributed by atoms with E-state index in [1.165, 1.54) is 6.92 Å². The summed E-state index contributed by atoms with van der Waals surface area (Å²) < 4.78 is 75.1. The number of carbonyl (C=O) groups is 2. The van der Waals surface area contributed by atoms with Gasteiger partial charge in [0.05, 0.1) is 26.4 Å². The molecule has 2 aromatic carbocycles. The molecule has 0 radical (unpaired) electrons. The highest BCUT2D eigenvalue weighted by Crippen LogP contribution is 2.44. The van der Waals surface area contributed by atoms with Crippen molar-refractivity contribution in [1.29, 1.82) is 0 Å². The van der Waals surface area contributed by atoms with Crippen LogP contribution < -0.4 is 0 Å². The van der Waals surface area contributed by atoms with Gasteiger partial charge in [-0.3, -0.25) is 4.79 Å². The fourth-order valence-electron chi connectivity index (χ4n) is 7.12. The van der Waals surface area contributed by atoms with Crippen LogP contribution >= 0.6 is 0 Å². The lowest BCUT2D eigenvalue weighted by atomic mass is 9.97. The molecule has 0 bridgehead atoms. The lowest BCUT2D eigenvalue weighted by molar-refractivity contribution is -0.337. The summed E-state index contributed by atoms with van der Waals surface area (Å²) in [6, 6.07) is 18.5. The quantitative estimate of drug-likeness (QED) is 0.175. The summed E-state index contributed by atoms with van der Waals surface area (Å²) >= 11 is 0. The Kier molecular flexibility index (Phi) is 13.2. The average Bonchev–Trinajstić information content (AvgIpc) is 3.65. The number of ether oxygens (including phenoxy) is 12. The van der Waals surface area contributed by atoms with E-state index in [1.807, 2.05) is 64.1 Å². The van der Waals surface area contributed by atoms with Crippen LogP contribution in [-0.4, -0.2) is 111 Å². The van der Waals surface area contributed by atoms with Crippen molar-refractivity contribution in [2.75, 3.05) is 26.4 Å². The van der Waals surface area contributed by atoms with Crippen LogP contribution in [-0.2, 0) is 73.0 Å². The third kappa shape index (κ3) is 9.74. The van der Waals surface area contributed by atoms with E-state index in [-0.39, 0.29) is 33.0 Å². The van der Waals surface area contributed by atoms with Crippen molar-refractivity contribution in [1.82, 2.24) is 0 Å². The van der Waals surface area contributed by atoms with E-state index in [1.54, 1.807) is 37.3 Å². The largest absolute Gasteiger partial charge is 0.464 e. The van der Waals surface area contributed by atoms with E-state index in [2.05, 4.69) is 6.58 Å². The maximum Gasteiger partial charge on any atom is 0.339 e. The first kappa shape index (κ1) is 40.4. The van der Waals surface area contributed by atoms with Crippen molar-refractivity contribution in [2.45, 2.75) is 127 Å². The highest BCUT2D eigenvalue weighted by molar-refractivity contribution is 5.76. The predicted octanol–water partition coefficient (Wildman–Crippen LogP) is 4.53. The highest BCUT2D eigenvalue weighted by Gasteiger charge is 2.61. The summed E-state index contributed by atoms with van der Waals surface area (Å²) in [6.07, 6.45) is -7.74. The molecule has 4 saturated heterocycles. The minimum atomic E-state index is -1.22. The molecule has 0 amide bonds. The first-order valence-electron chi connectivity index (χ1n) is 18.4. The van der Waals surface area contributed by atoms with Crippen molar-refractivity contribution in [3.63, 3.8) is 0 Å². The lowest BCUT2D eigenvalue weighted by Crippen LogP contribution is -2.63. The van der Waals surface area contributed by atoms with Gasteiger partial charge in [-0.1, -0.05) is 66.7 Å². The Morgan fingerprint density at radius 3 is 2.11 bits per heavy atom. The molecule has 0 unspecified atom stereocenters. The van der Waals surface area contributed by atoms with Gasteiger partial charge in [-0.05, 0) is 45.7 Å². The Morgan fingerprint density at radius 2 is 1.43 bits per heavy atom. The standard InChI is InChI=1S/C40H52O14/c1-8-20-44-32-30(46-21-25-16-12-10-13-17-25)27(22-45-24(3)41)48-37(34(32)50-29(36(42)43-9-2)26-18-14-11-15-19-26)47-23-28-31-33(52-39(4,5)51-31)35-38(49-28)54-40(6,7)53-35/h8,10-19,27-35,37-38H,1,9,20-23H2,2-7H3/t27-,28-,29-,30-,31+,32+,33+,34-,35-,37-,38-/m1/s1. The molecule has 14 heteroatoms. The molecule has 2 aromatic rings. The van der Waals surface area contributed by atoms with Gasteiger partial charge >= 0.3 is 11.9 Å². The molecule has 6 rings (SSSR count). The third-order valence-corrected chi connectivity index (χ3v) is 9.31. The zero-order valence-corrected chi connectivity index (χ0v) is 31.7. The highest BCUT2D eigenvalue weighted by atomic mass is 16.9. The minimum Gasteiger partial charge on any atom is -0.464 e. The summed E-state index contributed by atoms with van der Waals surface area (Å²) in [7, 11) is 0. The van der Waals surface area contributed by atoms with E-state index < -0.39 is 91.0 Å². The van der Waals surface area contributed by atoms with Gasteiger partial charge in [-0.2, -0.15) is 0 Å². The van der Waals surface area contributed by atoms with Crippen molar-refractivity contribution < 1.29 is 66.4 Å². The first-order chi connectivity index (χ1) is 25.9. The van der Waals surface area contributed by atoms with Crippen LogP contribution in [0.4, 0.5) is 0 Å². The Balaban J connectivity index is 1.34. The summed E-state index contributed by atoms with van der Waals surface area (Å²) in [4.78, 5) is 25.7. The zero-order valence-electron chi connectivity index (χ0n) is 31.7. The number of rotatable bonds is 16. The van der Waals surface area contributed by atoms with Crippen molar-refractivity contribution in [3.8, 4) is 0 Å². The smallest absolute Gasteiger partial charge is 0.339 e. The van der Waals surface area contributed by atoms with Crippen LogP contribution in [0.2, 0.25) is 0 Å². The van der Waals surface area contributed by atoms with Gasteiger partial charge in [-0.25, -0.2) is 4.79 Å². The fraction of sp³-hybridized carbons (Fsp3) is 0.600. The van der Waals surface area contributed by atoms with Crippen molar-refractivity contribution in [2.24, 2.45) is 0 Å². The zero-order chi connectivity index (χ0) is 38.5. The Morgan fingerprint density at radius 1 is 0.759 bits per heavy atom. The summed E-state index contributed by atoms with van der Waals surface area (Å²) in [5, 5.41) is 0. The van der Waals surface area contributed by atoms with Gasteiger partial charge in [0.1, 0.15) is 55.4 Å². The maximum atomic E-state index is 13.6. The van der Waals surface area contributed by atoms with Crippen LogP contribution in [0.1, 0.15) is 58.8 Å². The molecule has 54 heavy (non-hydrogen) atoms. The number of hydrogen-bond donors (Lipinski definition) is 0. The molecule has 14 nitrogen and oxygen atoms in total. The number of fused-ring (bicyclic) bond motifs is 3. The maximum absolute atomic E-state index is 13.6. The molecule has 4 aliphatic heterocycles. The Hall–Kier alpha value is -3.28. The fourth-order valence-corrected chi connectivity index (χ4v) is 7.12. The molecule has 0 N–H and O–H groups in total. The first-order valence-corrected chi connectivity index (χ1v) is 18.4. The molecule has 296 valence electrons. The van der Waals surface area contributed by atoms with E-state index in [0.29, 0.717) is 5.56 Å². The third-order valence-electron chi connectivity index (χ3n) is 9.31. The van der Waals surface area contributed by atoms with Crippen molar-refractivity contribution >= 4 is 11.9 Å². The van der Waals surface area contributed by atoms with Gasteiger partial charge in [0.2, 0.25) is 0 Å². The molecule has 4 heterocycles. The molecule has 0 aliphatic carbocycles. The molecular formula is C40H52O14. The van der Waals surface area contributed by atoms with Gasteiger partial charge in [0.15, 0.2) is 30.3 Å². The molecular weight excluding hydrogens is 704 g/mol. The van der Waals surface area contributed by atoms with E-state index in [0.717, 1.165) is 5.56 Å². The SMILES string of the molecule is C=CCO[C@@H]1[C@@H](O[C@@H](C(=O)OCC)c2ccccc2)[C@H](OC[C@H]2O[C@@H]3OC(C)(C)O[C@@H]3[C@H]3OC(C)(C)O[C@H]32)O[C@H](COC(C)=O)[C@H]1OCc1ccccc1. The molecule has 4 fully saturated rings. The number of esters is 2. The van der Waals surface area contributed by atoms with Crippen LogP contribution in [0.5, 0.6) is 0 Å². The number of carbonyl (C=O) groups excluding carboxylic acids is 2.